The molecule has 0 aliphatic rings. The first-order valence-electron chi connectivity index (χ1n) is 6.56. The Hall–Kier alpha value is -1.13. The zero-order chi connectivity index (χ0) is 13.8. The highest BCUT2D eigenvalue weighted by Gasteiger charge is 2.23. The maximum absolute atomic E-state index is 11.3. The number of aliphatic carboxylic acids is 1. The molecule has 0 fully saturated rings. The van der Waals surface area contributed by atoms with Gasteiger partial charge in [0.15, 0.2) is 0 Å². The van der Waals surface area contributed by atoms with Crippen LogP contribution in [0.1, 0.15) is 33.1 Å². The average molecular weight is 254 g/mol. The van der Waals surface area contributed by atoms with Crippen LogP contribution in [0.2, 0.25) is 0 Å². The molecule has 1 atom stereocenters. The Morgan fingerprint density at radius 1 is 1.22 bits per heavy atom. The second-order valence-electron chi connectivity index (χ2n) is 4.23. The molecular weight excluding hydrogens is 228 g/mol. The molecule has 0 aromatic heterocycles. The first-order valence-corrected chi connectivity index (χ1v) is 6.56. The van der Waals surface area contributed by atoms with Crippen LogP contribution in [0.15, 0.2) is 24.3 Å². The number of unbranched alkanes of at least 4 members (excludes halogenated alkanes) is 1. The van der Waals surface area contributed by atoms with Gasteiger partial charge >= 0.3 is 5.97 Å². The van der Waals surface area contributed by atoms with Crippen molar-refractivity contribution in [2.24, 2.45) is 5.73 Å². The van der Waals surface area contributed by atoms with Crippen molar-refractivity contribution in [3.63, 3.8) is 0 Å². The van der Waals surface area contributed by atoms with E-state index in [-0.39, 0.29) is 0 Å². The van der Waals surface area contributed by atoms with Crippen LogP contribution in [0, 0.1) is 0 Å². The number of allylic oxidation sites excluding steroid dienone is 2. The van der Waals surface area contributed by atoms with Crippen LogP contribution < -0.4 is 5.73 Å². The maximum Gasteiger partial charge on any atom is 0.320 e. The monoisotopic (exact) mass is 254 g/mol. The Balaban J connectivity index is 4.56. The summed E-state index contributed by atoms with van der Waals surface area (Å²) >= 11 is 0. The van der Waals surface area contributed by atoms with E-state index in [1.54, 1.807) is 0 Å². The van der Waals surface area contributed by atoms with Gasteiger partial charge < -0.3 is 10.8 Å². The number of nitrogens with two attached hydrogens (primary N) is 1. The molecule has 1 unspecified atom stereocenters. The van der Waals surface area contributed by atoms with Crippen molar-refractivity contribution in [2.75, 3.05) is 19.6 Å². The Bertz CT molecular complexity index is 261. The number of hydrogen-bond acceptors (Lipinski definition) is 3. The quantitative estimate of drug-likeness (QED) is 0.462. The fourth-order valence-corrected chi connectivity index (χ4v) is 1.75. The molecule has 0 amide bonds. The lowest BCUT2D eigenvalue weighted by Crippen LogP contribution is -2.41. The predicted molar refractivity (Wildman–Crippen MR) is 75.5 cm³/mol. The SMILES string of the molecule is C/C=C/CN(C/C=C/C)C(CCCCN)C(=O)O. The molecule has 4 nitrogen and oxygen atoms in total. The highest BCUT2D eigenvalue weighted by molar-refractivity contribution is 5.73. The number of carbonyl (C=O) groups is 1. The molecule has 0 aromatic rings. The van der Waals surface area contributed by atoms with Crippen molar-refractivity contribution >= 4 is 5.97 Å². The normalized spacial score (nSPS) is 13.8. The van der Waals surface area contributed by atoms with Gasteiger partial charge in [-0.15, -0.1) is 0 Å². The van der Waals surface area contributed by atoms with E-state index in [0.29, 0.717) is 26.1 Å². The topological polar surface area (TPSA) is 66.6 Å². The summed E-state index contributed by atoms with van der Waals surface area (Å²) in [4.78, 5) is 13.3. The van der Waals surface area contributed by atoms with E-state index in [0.717, 1.165) is 12.8 Å². The highest BCUT2D eigenvalue weighted by Crippen LogP contribution is 2.10. The smallest absolute Gasteiger partial charge is 0.320 e. The lowest BCUT2D eigenvalue weighted by Gasteiger charge is -2.26. The van der Waals surface area contributed by atoms with E-state index in [9.17, 15) is 9.90 Å². The van der Waals surface area contributed by atoms with Gasteiger partial charge in [0.25, 0.3) is 0 Å². The van der Waals surface area contributed by atoms with Crippen LogP contribution in [-0.4, -0.2) is 41.7 Å². The molecule has 104 valence electrons. The number of carboxylic acids is 1. The number of rotatable bonds is 10. The molecule has 4 heteroatoms. The van der Waals surface area contributed by atoms with Crippen molar-refractivity contribution in [3.05, 3.63) is 24.3 Å². The second-order valence-corrected chi connectivity index (χ2v) is 4.23. The zero-order valence-corrected chi connectivity index (χ0v) is 11.5. The molecule has 0 aliphatic carbocycles. The third kappa shape index (κ3) is 7.25. The van der Waals surface area contributed by atoms with Gasteiger partial charge in [0, 0.05) is 13.1 Å². The summed E-state index contributed by atoms with van der Waals surface area (Å²) in [5.41, 5.74) is 5.44. The molecule has 0 rings (SSSR count). The number of carboxylic acid groups (broad SMARTS) is 1. The summed E-state index contributed by atoms with van der Waals surface area (Å²) in [5.74, 6) is -0.749. The largest absolute Gasteiger partial charge is 0.480 e. The van der Waals surface area contributed by atoms with Gasteiger partial charge in [0.1, 0.15) is 6.04 Å². The van der Waals surface area contributed by atoms with E-state index in [1.807, 2.05) is 43.1 Å². The van der Waals surface area contributed by atoms with Crippen LogP contribution in [0.3, 0.4) is 0 Å². The van der Waals surface area contributed by atoms with Gasteiger partial charge in [-0.2, -0.15) is 0 Å². The molecule has 0 spiro atoms. The van der Waals surface area contributed by atoms with Crippen molar-refractivity contribution in [2.45, 2.75) is 39.2 Å². The molecular formula is C14H26N2O2. The van der Waals surface area contributed by atoms with Gasteiger partial charge in [-0.1, -0.05) is 30.7 Å². The van der Waals surface area contributed by atoms with Gasteiger partial charge in [0.05, 0.1) is 0 Å². The van der Waals surface area contributed by atoms with E-state index in [4.69, 9.17) is 5.73 Å². The van der Waals surface area contributed by atoms with E-state index in [2.05, 4.69) is 0 Å². The molecule has 3 N–H and O–H groups in total. The minimum absolute atomic E-state index is 0.427. The van der Waals surface area contributed by atoms with Crippen LogP contribution in [-0.2, 0) is 4.79 Å². The minimum atomic E-state index is -0.749. The number of nitrogens with zero attached hydrogens (tertiary/aromatic N) is 1. The molecule has 0 radical (unpaired) electrons. The Morgan fingerprint density at radius 3 is 2.17 bits per heavy atom. The van der Waals surface area contributed by atoms with Gasteiger partial charge in [0.2, 0.25) is 0 Å². The third-order valence-corrected chi connectivity index (χ3v) is 2.81. The van der Waals surface area contributed by atoms with Crippen molar-refractivity contribution in [1.82, 2.24) is 4.90 Å². The van der Waals surface area contributed by atoms with Crippen LogP contribution in [0.4, 0.5) is 0 Å². The first-order chi connectivity index (χ1) is 8.67. The van der Waals surface area contributed by atoms with E-state index in [1.165, 1.54) is 0 Å². The molecule has 0 aliphatic heterocycles. The fraction of sp³-hybridized carbons (Fsp3) is 0.643. The van der Waals surface area contributed by atoms with Gasteiger partial charge in [-0.05, 0) is 33.2 Å². The molecule has 0 heterocycles. The predicted octanol–water partition coefficient (Wildman–Crippen LogP) is 2.02. The molecule has 0 saturated heterocycles. The zero-order valence-electron chi connectivity index (χ0n) is 11.5. The lowest BCUT2D eigenvalue weighted by atomic mass is 10.1. The summed E-state index contributed by atoms with van der Waals surface area (Å²) in [7, 11) is 0. The molecule has 0 saturated carbocycles. The van der Waals surface area contributed by atoms with Crippen LogP contribution in [0.25, 0.3) is 0 Å². The Kier molecular flexibility index (Phi) is 10.3. The Morgan fingerprint density at radius 2 is 1.78 bits per heavy atom. The molecule has 0 bridgehead atoms. The maximum atomic E-state index is 11.3. The van der Waals surface area contributed by atoms with Crippen LogP contribution >= 0.6 is 0 Å². The average Bonchev–Trinajstić information content (AvgIpc) is 2.35. The Labute approximate surface area is 110 Å². The van der Waals surface area contributed by atoms with E-state index < -0.39 is 12.0 Å². The standard InChI is InChI=1S/C14H26N2O2/c1-3-5-11-16(12-6-4-2)13(14(17)18)9-7-8-10-15/h3-6,13H,7-12,15H2,1-2H3,(H,17,18)/b5-3+,6-4+. The first kappa shape index (κ1) is 16.9. The second kappa shape index (κ2) is 11.0. The van der Waals surface area contributed by atoms with Crippen LogP contribution in [0.5, 0.6) is 0 Å². The summed E-state index contributed by atoms with van der Waals surface area (Å²) in [6.07, 6.45) is 10.3. The minimum Gasteiger partial charge on any atom is -0.480 e. The van der Waals surface area contributed by atoms with Crippen molar-refractivity contribution in [1.29, 1.82) is 0 Å². The highest BCUT2D eigenvalue weighted by atomic mass is 16.4. The summed E-state index contributed by atoms with van der Waals surface area (Å²) in [6.45, 7) is 5.84. The van der Waals surface area contributed by atoms with Gasteiger partial charge in [-0.25, -0.2) is 0 Å². The summed E-state index contributed by atoms with van der Waals surface area (Å²) in [5, 5.41) is 9.32. The summed E-state index contributed by atoms with van der Waals surface area (Å²) < 4.78 is 0. The third-order valence-electron chi connectivity index (χ3n) is 2.81. The number of hydrogen-bond donors (Lipinski definition) is 2. The molecule has 0 aromatic carbocycles. The lowest BCUT2D eigenvalue weighted by molar-refractivity contribution is -0.143. The van der Waals surface area contributed by atoms with E-state index >= 15 is 0 Å². The van der Waals surface area contributed by atoms with Crippen molar-refractivity contribution in [3.8, 4) is 0 Å². The van der Waals surface area contributed by atoms with Crippen molar-refractivity contribution < 1.29 is 9.90 Å². The summed E-state index contributed by atoms with van der Waals surface area (Å²) in [6, 6.07) is -0.427. The molecule has 18 heavy (non-hydrogen) atoms. The van der Waals surface area contributed by atoms with Gasteiger partial charge in [-0.3, -0.25) is 9.69 Å². The fourth-order valence-electron chi connectivity index (χ4n) is 1.75.